The number of H-pyrrole nitrogens is 1. The van der Waals surface area contributed by atoms with Crippen LogP contribution in [0.15, 0.2) is 48.5 Å². The summed E-state index contributed by atoms with van der Waals surface area (Å²) in [6.07, 6.45) is 2.45. The van der Waals surface area contributed by atoms with Gasteiger partial charge < -0.3 is 15.4 Å². The molecule has 0 radical (unpaired) electrons. The fourth-order valence-electron chi connectivity index (χ4n) is 3.30. The number of ether oxygens (including phenoxy) is 1. The molecule has 6 heteroatoms. The first-order valence-corrected chi connectivity index (χ1v) is 9.38. The van der Waals surface area contributed by atoms with Crippen molar-refractivity contribution in [2.75, 3.05) is 20.1 Å². The van der Waals surface area contributed by atoms with Gasteiger partial charge in [-0.1, -0.05) is 24.3 Å². The van der Waals surface area contributed by atoms with Crippen molar-refractivity contribution in [1.82, 2.24) is 20.1 Å². The van der Waals surface area contributed by atoms with Crippen LogP contribution in [0.25, 0.3) is 22.8 Å². The van der Waals surface area contributed by atoms with Gasteiger partial charge in [-0.15, -0.1) is 0 Å². The zero-order valence-corrected chi connectivity index (χ0v) is 15.6. The lowest BCUT2D eigenvalue weighted by atomic mass is 10.1. The molecule has 3 aromatic rings. The van der Waals surface area contributed by atoms with Crippen LogP contribution in [0.4, 0.5) is 0 Å². The van der Waals surface area contributed by atoms with Gasteiger partial charge in [0.25, 0.3) is 0 Å². The van der Waals surface area contributed by atoms with Crippen molar-refractivity contribution in [1.29, 1.82) is 0 Å². The molecule has 27 heavy (non-hydrogen) atoms. The van der Waals surface area contributed by atoms with E-state index >= 15 is 0 Å². The van der Waals surface area contributed by atoms with Gasteiger partial charge in [0.15, 0.2) is 11.6 Å². The molecule has 0 saturated carbocycles. The maximum absolute atomic E-state index is 6.11. The van der Waals surface area contributed by atoms with E-state index in [0.717, 1.165) is 54.2 Å². The molecular formula is C21H25N5O. The van der Waals surface area contributed by atoms with E-state index in [4.69, 9.17) is 10.5 Å². The summed E-state index contributed by atoms with van der Waals surface area (Å²) in [5.41, 5.74) is 8.70. The molecule has 0 atom stereocenters. The summed E-state index contributed by atoms with van der Waals surface area (Å²) in [4.78, 5) is 6.96. The number of nitrogens with zero attached hydrogens (tertiary/aromatic N) is 3. The van der Waals surface area contributed by atoms with Gasteiger partial charge in [0, 0.05) is 30.8 Å². The van der Waals surface area contributed by atoms with Crippen LogP contribution in [0.3, 0.4) is 0 Å². The van der Waals surface area contributed by atoms with Gasteiger partial charge in [0.05, 0.1) is 0 Å². The molecular weight excluding hydrogens is 338 g/mol. The maximum Gasteiger partial charge on any atom is 0.181 e. The fraction of sp³-hybridized carbons (Fsp3) is 0.333. The van der Waals surface area contributed by atoms with Crippen LogP contribution < -0.4 is 10.5 Å². The highest BCUT2D eigenvalue weighted by Gasteiger charge is 2.18. The Morgan fingerprint density at radius 2 is 1.70 bits per heavy atom. The Labute approximate surface area is 159 Å². The van der Waals surface area contributed by atoms with E-state index in [2.05, 4.69) is 27.1 Å². The maximum atomic E-state index is 6.11. The Hall–Kier alpha value is -2.70. The average molecular weight is 363 g/mol. The van der Waals surface area contributed by atoms with Crippen molar-refractivity contribution in [3.8, 4) is 28.5 Å². The molecule has 1 fully saturated rings. The minimum atomic E-state index is 0.304. The fourth-order valence-corrected chi connectivity index (χ4v) is 3.30. The molecule has 2 aromatic carbocycles. The molecule has 1 aliphatic rings. The SMILES string of the molecule is CN1CCC(Oc2ccc(-c3n[nH]c(-c4ccc(CN)cc4)n3)cc2)CC1. The second kappa shape index (κ2) is 7.90. The zero-order valence-electron chi connectivity index (χ0n) is 15.6. The largest absolute Gasteiger partial charge is 0.490 e. The summed E-state index contributed by atoms with van der Waals surface area (Å²) in [5.74, 6) is 2.33. The Morgan fingerprint density at radius 1 is 1.04 bits per heavy atom. The number of rotatable bonds is 5. The van der Waals surface area contributed by atoms with Crippen LogP contribution >= 0.6 is 0 Å². The van der Waals surface area contributed by atoms with Gasteiger partial charge in [-0.3, -0.25) is 5.10 Å². The highest BCUT2D eigenvalue weighted by atomic mass is 16.5. The van der Waals surface area contributed by atoms with Crippen LogP contribution in [0.1, 0.15) is 18.4 Å². The average Bonchev–Trinajstić information content (AvgIpc) is 3.21. The quantitative estimate of drug-likeness (QED) is 0.728. The van der Waals surface area contributed by atoms with Crippen molar-refractivity contribution in [3.05, 3.63) is 54.1 Å². The van der Waals surface area contributed by atoms with Crippen molar-refractivity contribution in [2.45, 2.75) is 25.5 Å². The van der Waals surface area contributed by atoms with Crippen LogP contribution in [0, 0.1) is 0 Å². The first-order chi connectivity index (χ1) is 13.2. The van der Waals surface area contributed by atoms with Crippen LogP contribution in [-0.4, -0.2) is 46.3 Å². The molecule has 3 N–H and O–H groups in total. The molecule has 1 aromatic heterocycles. The molecule has 0 spiro atoms. The topological polar surface area (TPSA) is 80.1 Å². The summed E-state index contributed by atoms with van der Waals surface area (Å²) < 4.78 is 6.11. The van der Waals surface area contributed by atoms with E-state index in [9.17, 15) is 0 Å². The van der Waals surface area contributed by atoms with E-state index in [1.54, 1.807) is 0 Å². The van der Waals surface area contributed by atoms with Crippen molar-refractivity contribution < 1.29 is 4.74 Å². The van der Waals surface area contributed by atoms with Gasteiger partial charge in [0.1, 0.15) is 11.9 Å². The number of likely N-dealkylation sites (tertiary alicyclic amines) is 1. The number of hydrogen-bond acceptors (Lipinski definition) is 5. The molecule has 1 saturated heterocycles. The number of aromatic nitrogens is 3. The monoisotopic (exact) mass is 363 g/mol. The molecule has 0 amide bonds. The van der Waals surface area contributed by atoms with E-state index < -0.39 is 0 Å². The van der Waals surface area contributed by atoms with E-state index in [-0.39, 0.29) is 0 Å². The highest BCUT2D eigenvalue weighted by Crippen LogP contribution is 2.24. The minimum Gasteiger partial charge on any atom is -0.490 e. The second-order valence-corrected chi connectivity index (χ2v) is 7.05. The standard InChI is InChI=1S/C21H25N5O/c1-26-12-10-19(11-13-26)27-18-8-6-17(7-9-18)21-23-20(24-25-21)16-4-2-15(14-22)3-5-16/h2-9,19H,10-14,22H2,1H3,(H,23,24,25). The molecule has 6 nitrogen and oxygen atoms in total. The van der Waals surface area contributed by atoms with Crippen LogP contribution in [0.5, 0.6) is 5.75 Å². The predicted octanol–water partition coefficient (Wildman–Crippen LogP) is 3.07. The third-order valence-corrected chi connectivity index (χ3v) is 5.03. The van der Waals surface area contributed by atoms with E-state index in [0.29, 0.717) is 18.5 Å². The van der Waals surface area contributed by atoms with Crippen LogP contribution in [-0.2, 0) is 6.54 Å². The Bertz CT molecular complexity index is 864. The number of hydrogen-bond donors (Lipinski definition) is 2. The summed E-state index contributed by atoms with van der Waals surface area (Å²) in [7, 11) is 2.16. The van der Waals surface area contributed by atoms with E-state index in [1.165, 1.54) is 0 Å². The molecule has 2 heterocycles. The van der Waals surface area contributed by atoms with Crippen molar-refractivity contribution >= 4 is 0 Å². The molecule has 140 valence electrons. The first kappa shape index (κ1) is 17.7. The minimum absolute atomic E-state index is 0.304. The van der Waals surface area contributed by atoms with Gasteiger partial charge in [0.2, 0.25) is 0 Å². The third kappa shape index (κ3) is 4.18. The predicted molar refractivity (Wildman–Crippen MR) is 106 cm³/mol. The highest BCUT2D eigenvalue weighted by molar-refractivity contribution is 5.61. The number of nitrogens with one attached hydrogen (secondary N) is 1. The second-order valence-electron chi connectivity index (χ2n) is 7.05. The molecule has 0 bridgehead atoms. The van der Waals surface area contributed by atoms with Crippen LogP contribution in [0.2, 0.25) is 0 Å². The summed E-state index contributed by atoms with van der Waals surface area (Å²) in [5, 5.41) is 7.37. The molecule has 4 rings (SSSR count). The van der Waals surface area contributed by atoms with Gasteiger partial charge in [-0.2, -0.15) is 5.10 Å². The normalized spacial score (nSPS) is 15.8. The zero-order chi connectivity index (χ0) is 18.6. The van der Waals surface area contributed by atoms with Crippen molar-refractivity contribution in [3.63, 3.8) is 0 Å². The Kier molecular flexibility index (Phi) is 5.18. The Morgan fingerprint density at radius 3 is 2.37 bits per heavy atom. The van der Waals surface area contributed by atoms with Gasteiger partial charge in [-0.05, 0) is 49.7 Å². The Balaban J connectivity index is 1.43. The summed E-state index contributed by atoms with van der Waals surface area (Å²) >= 11 is 0. The molecule has 0 unspecified atom stereocenters. The summed E-state index contributed by atoms with van der Waals surface area (Å²) in [6.45, 7) is 2.72. The van der Waals surface area contributed by atoms with Gasteiger partial charge in [-0.25, -0.2) is 4.98 Å². The lowest BCUT2D eigenvalue weighted by molar-refractivity contribution is 0.114. The number of nitrogens with two attached hydrogens (primary N) is 1. The smallest absolute Gasteiger partial charge is 0.181 e. The number of benzene rings is 2. The lowest BCUT2D eigenvalue weighted by Gasteiger charge is -2.29. The number of piperidine rings is 1. The van der Waals surface area contributed by atoms with Crippen molar-refractivity contribution in [2.24, 2.45) is 5.73 Å². The number of aromatic amines is 1. The van der Waals surface area contributed by atoms with E-state index in [1.807, 2.05) is 48.5 Å². The summed E-state index contributed by atoms with van der Waals surface area (Å²) in [6, 6.07) is 16.0. The van der Waals surface area contributed by atoms with Gasteiger partial charge >= 0.3 is 0 Å². The molecule has 0 aliphatic carbocycles. The third-order valence-electron chi connectivity index (χ3n) is 5.03. The first-order valence-electron chi connectivity index (χ1n) is 9.38. The lowest BCUT2D eigenvalue weighted by Crippen LogP contribution is -2.35. The molecule has 1 aliphatic heterocycles.